The molecule has 1 aliphatic heterocycles. The molecule has 10 aromatic rings. The molecular formula is C54H38N2Si. The minimum atomic E-state index is -1.38. The number of hydrogen-bond donors (Lipinski definition) is 0. The van der Waals surface area contributed by atoms with Crippen molar-refractivity contribution in [3.63, 3.8) is 0 Å². The van der Waals surface area contributed by atoms with Crippen molar-refractivity contribution in [2.24, 2.45) is 0 Å². The molecule has 0 bridgehead atoms. The second-order valence-corrected chi connectivity index (χ2v) is 17.7. The van der Waals surface area contributed by atoms with Crippen LogP contribution in [-0.4, -0.2) is 18.3 Å². The second kappa shape index (κ2) is 13.6. The van der Waals surface area contributed by atoms with Gasteiger partial charge in [-0.25, -0.2) is 4.98 Å². The Kier molecular flexibility index (Phi) is 7.94. The SMILES string of the molecule is C[SiH]1c2ccccc2-c2cccc(-c3ccccc3-n3c4ccccc4c4cc(-c5ccccc5-c5cc(-c6ccccc6)cc(-c6ccccc6)n5)ccc43)c21. The molecule has 0 saturated heterocycles. The molecule has 0 saturated carbocycles. The molecule has 2 nitrogen and oxygen atoms in total. The van der Waals surface area contributed by atoms with E-state index in [1.54, 1.807) is 10.4 Å². The van der Waals surface area contributed by atoms with E-state index in [0.29, 0.717) is 0 Å². The zero-order chi connectivity index (χ0) is 37.9. The third-order valence-electron chi connectivity index (χ3n) is 11.9. The van der Waals surface area contributed by atoms with E-state index in [1.165, 1.54) is 60.9 Å². The van der Waals surface area contributed by atoms with Crippen molar-refractivity contribution < 1.29 is 0 Å². The molecule has 1 unspecified atom stereocenters. The van der Waals surface area contributed by atoms with Crippen molar-refractivity contribution in [1.29, 1.82) is 0 Å². The van der Waals surface area contributed by atoms with Crippen LogP contribution in [0.15, 0.2) is 206 Å². The topological polar surface area (TPSA) is 17.8 Å². The summed E-state index contributed by atoms with van der Waals surface area (Å²) in [5, 5.41) is 5.56. The molecule has 8 aromatic carbocycles. The van der Waals surface area contributed by atoms with Crippen LogP contribution < -0.4 is 10.4 Å². The van der Waals surface area contributed by atoms with Crippen molar-refractivity contribution in [1.82, 2.24) is 9.55 Å². The minimum absolute atomic E-state index is 0.956. The molecule has 0 amide bonds. The van der Waals surface area contributed by atoms with E-state index in [-0.39, 0.29) is 0 Å². The predicted molar refractivity (Wildman–Crippen MR) is 243 cm³/mol. The third kappa shape index (κ3) is 5.50. The van der Waals surface area contributed by atoms with Gasteiger partial charge < -0.3 is 4.57 Å². The van der Waals surface area contributed by atoms with Gasteiger partial charge in [0.1, 0.15) is 8.80 Å². The summed E-state index contributed by atoms with van der Waals surface area (Å²) < 4.78 is 2.49. The van der Waals surface area contributed by atoms with Crippen LogP contribution in [0.25, 0.3) is 94.5 Å². The molecule has 268 valence electrons. The van der Waals surface area contributed by atoms with E-state index < -0.39 is 8.80 Å². The highest BCUT2D eigenvalue weighted by atomic mass is 28.3. The molecule has 0 fully saturated rings. The van der Waals surface area contributed by atoms with Crippen LogP contribution in [0.1, 0.15) is 0 Å². The van der Waals surface area contributed by atoms with Crippen LogP contribution in [-0.2, 0) is 0 Å². The van der Waals surface area contributed by atoms with E-state index in [0.717, 1.165) is 33.6 Å². The molecule has 0 radical (unpaired) electrons. The summed E-state index contributed by atoms with van der Waals surface area (Å²) in [6.45, 7) is 2.49. The first-order valence-corrected chi connectivity index (χ1v) is 22.1. The summed E-state index contributed by atoms with van der Waals surface area (Å²) in [5.74, 6) is 0. The number of pyridine rings is 1. The molecular weight excluding hydrogens is 705 g/mol. The number of rotatable bonds is 6. The van der Waals surface area contributed by atoms with Crippen molar-refractivity contribution in [3.8, 4) is 72.7 Å². The fourth-order valence-electron chi connectivity index (χ4n) is 9.25. The summed E-state index contributed by atoms with van der Waals surface area (Å²) in [6.07, 6.45) is 0. The number of nitrogens with zero attached hydrogens (tertiary/aromatic N) is 2. The third-order valence-corrected chi connectivity index (χ3v) is 14.8. The zero-order valence-electron chi connectivity index (χ0n) is 31.6. The van der Waals surface area contributed by atoms with Crippen LogP contribution in [0.2, 0.25) is 6.55 Å². The maximum absolute atomic E-state index is 5.32. The van der Waals surface area contributed by atoms with Gasteiger partial charge in [-0.2, -0.15) is 0 Å². The first-order chi connectivity index (χ1) is 28.2. The zero-order valence-corrected chi connectivity index (χ0v) is 32.8. The Morgan fingerprint density at radius 3 is 1.75 bits per heavy atom. The predicted octanol–water partition coefficient (Wildman–Crippen LogP) is 12.5. The summed E-state index contributed by atoms with van der Waals surface area (Å²) in [6, 6.07) is 75.1. The van der Waals surface area contributed by atoms with Gasteiger partial charge >= 0.3 is 0 Å². The summed E-state index contributed by atoms with van der Waals surface area (Å²) in [7, 11) is -1.38. The normalized spacial score (nSPS) is 13.2. The Morgan fingerprint density at radius 1 is 0.368 bits per heavy atom. The van der Waals surface area contributed by atoms with Crippen LogP contribution in [0.3, 0.4) is 0 Å². The Labute approximate surface area is 334 Å². The number of para-hydroxylation sites is 2. The Morgan fingerprint density at radius 2 is 0.947 bits per heavy atom. The first kappa shape index (κ1) is 33.3. The van der Waals surface area contributed by atoms with Crippen molar-refractivity contribution >= 4 is 41.0 Å². The molecule has 0 spiro atoms. The fraction of sp³-hybridized carbons (Fsp3) is 0.0185. The lowest BCUT2D eigenvalue weighted by atomic mass is 9.94. The van der Waals surface area contributed by atoms with E-state index >= 15 is 0 Å². The summed E-state index contributed by atoms with van der Waals surface area (Å²) >= 11 is 0. The number of hydrogen-bond acceptors (Lipinski definition) is 1. The highest BCUT2D eigenvalue weighted by Gasteiger charge is 2.30. The minimum Gasteiger partial charge on any atom is -0.309 e. The molecule has 3 heteroatoms. The van der Waals surface area contributed by atoms with Crippen molar-refractivity contribution in [3.05, 3.63) is 206 Å². The molecule has 1 atom stereocenters. The lowest BCUT2D eigenvalue weighted by molar-refractivity contribution is 1.18. The van der Waals surface area contributed by atoms with Gasteiger partial charge in [0.25, 0.3) is 0 Å². The Bertz CT molecular complexity index is 3090. The van der Waals surface area contributed by atoms with Gasteiger partial charge in [-0.1, -0.05) is 182 Å². The largest absolute Gasteiger partial charge is 0.309 e. The van der Waals surface area contributed by atoms with Gasteiger partial charge in [0.05, 0.1) is 28.1 Å². The molecule has 57 heavy (non-hydrogen) atoms. The van der Waals surface area contributed by atoms with Gasteiger partial charge in [0, 0.05) is 27.5 Å². The molecule has 11 rings (SSSR count). The van der Waals surface area contributed by atoms with Crippen LogP contribution in [0, 0.1) is 0 Å². The van der Waals surface area contributed by atoms with Crippen LogP contribution in [0.4, 0.5) is 0 Å². The fourth-order valence-corrected chi connectivity index (χ4v) is 12.1. The van der Waals surface area contributed by atoms with Gasteiger partial charge in [-0.15, -0.1) is 0 Å². The number of aromatic nitrogens is 2. The summed E-state index contributed by atoms with van der Waals surface area (Å²) in [4.78, 5) is 5.32. The molecule has 0 aliphatic carbocycles. The standard InChI is InChI=1S/C54H38N2Si/c1-57-53-30-15-12-25-44(53)46-27-16-26-45(54(46)57)42-23-10-13-28-50(42)56-51-29-14-11-24-43(51)47-33-38(31-32-52(47)56)40-21-8-9-22-41(40)49-35-39(36-17-4-2-5-18-36)34-48(55-49)37-19-6-3-7-20-37/h2-35,57H,1H3. The first-order valence-electron chi connectivity index (χ1n) is 19.8. The van der Waals surface area contributed by atoms with Gasteiger partial charge in [0.2, 0.25) is 0 Å². The second-order valence-electron chi connectivity index (χ2n) is 15.1. The lowest BCUT2D eigenvalue weighted by Gasteiger charge is -2.18. The molecule has 2 aromatic heterocycles. The van der Waals surface area contributed by atoms with Crippen LogP contribution in [0.5, 0.6) is 0 Å². The Balaban J connectivity index is 1.08. The maximum Gasteiger partial charge on any atom is 0.102 e. The highest BCUT2D eigenvalue weighted by Crippen LogP contribution is 2.41. The average Bonchev–Trinajstić information content (AvgIpc) is 3.78. The average molecular weight is 743 g/mol. The Hall–Kier alpha value is -7.07. The van der Waals surface area contributed by atoms with E-state index in [1.807, 2.05) is 0 Å². The number of benzene rings is 8. The van der Waals surface area contributed by atoms with Crippen molar-refractivity contribution in [2.45, 2.75) is 6.55 Å². The van der Waals surface area contributed by atoms with Gasteiger partial charge in [-0.05, 0) is 80.5 Å². The number of fused-ring (bicyclic) bond motifs is 6. The summed E-state index contributed by atoms with van der Waals surface area (Å²) in [5.41, 5.74) is 17.8. The quantitative estimate of drug-likeness (QED) is 0.155. The molecule has 3 heterocycles. The van der Waals surface area contributed by atoms with Crippen LogP contribution >= 0.6 is 0 Å². The van der Waals surface area contributed by atoms with E-state index in [4.69, 9.17) is 4.98 Å². The smallest absolute Gasteiger partial charge is 0.102 e. The lowest BCUT2D eigenvalue weighted by Crippen LogP contribution is -2.35. The monoisotopic (exact) mass is 742 g/mol. The van der Waals surface area contributed by atoms with Gasteiger partial charge in [-0.3, -0.25) is 0 Å². The maximum atomic E-state index is 5.32. The van der Waals surface area contributed by atoms with Crippen molar-refractivity contribution in [2.75, 3.05) is 0 Å². The van der Waals surface area contributed by atoms with Gasteiger partial charge in [0.15, 0.2) is 0 Å². The highest BCUT2D eigenvalue weighted by molar-refractivity contribution is 6.89. The molecule has 0 N–H and O–H groups in total. The molecule has 1 aliphatic rings. The van der Waals surface area contributed by atoms with E-state index in [2.05, 4.69) is 217 Å². The van der Waals surface area contributed by atoms with E-state index in [9.17, 15) is 0 Å².